The summed E-state index contributed by atoms with van der Waals surface area (Å²) in [4.78, 5) is 12.1. The van der Waals surface area contributed by atoms with Crippen molar-refractivity contribution in [2.75, 3.05) is 13.2 Å². The van der Waals surface area contributed by atoms with Gasteiger partial charge in [-0.2, -0.15) is 0 Å². The summed E-state index contributed by atoms with van der Waals surface area (Å²) in [6, 6.07) is 0.944. The summed E-state index contributed by atoms with van der Waals surface area (Å²) in [5.74, 6) is 0.502. The molecule has 4 nitrogen and oxygen atoms in total. The van der Waals surface area contributed by atoms with Crippen molar-refractivity contribution in [3.63, 3.8) is 0 Å². The first-order chi connectivity index (χ1) is 8.29. The van der Waals surface area contributed by atoms with Crippen molar-refractivity contribution in [3.05, 3.63) is 0 Å². The van der Waals surface area contributed by atoms with E-state index in [1.165, 1.54) is 0 Å². The van der Waals surface area contributed by atoms with Crippen LogP contribution < -0.4 is 8.85 Å². The average Bonchev–Trinajstić information content (AvgIpc) is 2.40. The maximum absolute atomic E-state index is 12.1. The second-order valence-electron chi connectivity index (χ2n) is 5.05. The highest BCUT2D eigenvalue weighted by Gasteiger charge is 2.27. The van der Waals surface area contributed by atoms with Crippen molar-refractivity contribution in [1.29, 1.82) is 0 Å². The van der Waals surface area contributed by atoms with Gasteiger partial charge >= 0.3 is 0 Å². The van der Waals surface area contributed by atoms with Crippen LogP contribution in [0.4, 0.5) is 0 Å². The number of halogens is 1. The number of carbonyl (C=O) groups excluding carboxylic acids is 1. The second-order valence-corrected chi connectivity index (χ2v) is 5.68. The van der Waals surface area contributed by atoms with E-state index in [0.717, 1.165) is 51.7 Å². The fraction of sp³-hybridized carbons (Fsp3) is 0.917. The van der Waals surface area contributed by atoms with Crippen LogP contribution >= 0.6 is 22.9 Å². The van der Waals surface area contributed by atoms with Crippen LogP contribution in [0.2, 0.25) is 0 Å². The molecular weight excluding hydrogens is 331 g/mol. The molecule has 0 spiro atoms. The minimum atomic E-state index is 0.235. The molecule has 1 aliphatic carbocycles. The standard InChI is InChI=1S/C12H21IN2O2/c13-15-11-3-1-9(2-4-11)12(16)14-10-5-7-17-8-6-10/h9-11,15H,1-8H2,(H,14,16)/t9-,11-. The first kappa shape index (κ1) is 13.5. The van der Waals surface area contributed by atoms with Crippen LogP contribution in [-0.2, 0) is 9.53 Å². The molecular formula is C12H21IN2O2. The maximum Gasteiger partial charge on any atom is 0.223 e. The molecule has 2 fully saturated rings. The summed E-state index contributed by atoms with van der Waals surface area (Å²) in [5, 5.41) is 3.18. The third kappa shape index (κ3) is 4.06. The van der Waals surface area contributed by atoms with Crippen molar-refractivity contribution in [2.45, 2.75) is 50.6 Å². The van der Waals surface area contributed by atoms with E-state index in [1.807, 2.05) is 0 Å². The largest absolute Gasteiger partial charge is 0.381 e. The predicted molar refractivity (Wildman–Crippen MR) is 74.9 cm³/mol. The van der Waals surface area contributed by atoms with Gasteiger partial charge in [0.1, 0.15) is 0 Å². The van der Waals surface area contributed by atoms with E-state index in [4.69, 9.17) is 4.74 Å². The smallest absolute Gasteiger partial charge is 0.223 e. The fourth-order valence-corrected chi connectivity index (χ4v) is 3.25. The van der Waals surface area contributed by atoms with Crippen molar-refractivity contribution >= 4 is 28.8 Å². The molecule has 0 aromatic heterocycles. The zero-order valence-electron chi connectivity index (χ0n) is 10.1. The quantitative estimate of drug-likeness (QED) is 0.601. The van der Waals surface area contributed by atoms with Crippen molar-refractivity contribution < 1.29 is 9.53 Å². The molecule has 2 aliphatic rings. The Morgan fingerprint density at radius 2 is 1.65 bits per heavy atom. The Bertz CT molecular complexity index is 249. The van der Waals surface area contributed by atoms with Gasteiger partial charge < -0.3 is 10.1 Å². The Balaban J connectivity index is 1.72. The van der Waals surface area contributed by atoms with Gasteiger partial charge in [0.05, 0.1) is 0 Å². The van der Waals surface area contributed by atoms with Crippen LogP contribution in [0, 0.1) is 5.92 Å². The molecule has 1 saturated heterocycles. The molecule has 1 saturated carbocycles. The first-order valence-corrected chi connectivity index (χ1v) is 7.61. The van der Waals surface area contributed by atoms with Gasteiger partial charge in [-0.3, -0.25) is 8.32 Å². The monoisotopic (exact) mass is 352 g/mol. The number of hydrogen-bond donors (Lipinski definition) is 2. The van der Waals surface area contributed by atoms with E-state index in [9.17, 15) is 4.79 Å². The van der Waals surface area contributed by atoms with E-state index < -0.39 is 0 Å². The van der Waals surface area contributed by atoms with Crippen LogP contribution in [0.5, 0.6) is 0 Å². The van der Waals surface area contributed by atoms with Gasteiger partial charge in [0.25, 0.3) is 0 Å². The van der Waals surface area contributed by atoms with E-state index in [2.05, 4.69) is 31.7 Å². The van der Waals surface area contributed by atoms with Gasteiger partial charge in [0.15, 0.2) is 0 Å². The molecule has 1 aliphatic heterocycles. The summed E-state index contributed by atoms with van der Waals surface area (Å²) in [7, 11) is 0. The number of ether oxygens (including phenoxy) is 1. The highest BCUT2D eigenvalue weighted by atomic mass is 127. The zero-order chi connectivity index (χ0) is 12.1. The van der Waals surface area contributed by atoms with Crippen molar-refractivity contribution in [2.24, 2.45) is 5.92 Å². The lowest BCUT2D eigenvalue weighted by Crippen LogP contribution is -2.43. The minimum absolute atomic E-state index is 0.235. The van der Waals surface area contributed by atoms with E-state index in [1.54, 1.807) is 0 Å². The summed E-state index contributed by atoms with van der Waals surface area (Å²) in [6.45, 7) is 1.58. The molecule has 5 heteroatoms. The van der Waals surface area contributed by atoms with Gasteiger partial charge in [-0.1, -0.05) is 0 Å². The van der Waals surface area contributed by atoms with Crippen LogP contribution in [0.1, 0.15) is 38.5 Å². The van der Waals surface area contributed by atoms with Crippen LogP contribution in [0.15, 0.2) is 0 Å². The highest BCUT2D eigenvalue weighted by Crippen LogP contribution is 2.25. The number of carbonyl (C=O) groups is 1. The van der Waals surface area contributed by atoms with Gasteiger partial charge in [-0.25, -0.2) is 0 Å². The third-order valence-electron chi connectivity index (χ3n) is 3.82. The minimum Gasteiger partial charge on any atom is -0.381 e. The number of amides is 1. The van der Waals surface area contributed by atoms with Gasteiger partial charge in [0, 0.05) is 54.1 Å². The average molecular weight is 352 g/mol. The Morgan fingerprint density at radius 3 is 2.24 bits per heavy atom. The van der Waals surface area contributed by atoms with Crippen molar-refractivity contribution in [3.8, 4) is 0 Å². The Hall–Kier alpha value is 0.120. The van der Waals surface area contributed by atoms with Crippen LogP contribution in [0.25, 0.3) is 0 Å². The molecule has 0 atom stereocenters. The summed E-state index contributed by atoms with van der Waals surface area (Å²) < 4.78 is 8.56. The van der Waals surface area contributed by atoms with E-state index in [-0.39, 0.29) is 11.8 Å². The molecule has 0 radical (unpaired) electrons. The molecule has 0 aromatic rings. The lowest BCUT2D eigenvalue weighted by Gasteiger charge is -2.29. The Labute approximate surface area is 117 Å². The predicted octanol–water partition coefficient (Wildman–Crippen LogP) is 1.78. The molecule has 0 aromatic carbocycles. The van der Waals surface area contributed by atoms with Crippen LogP contribution in [0.3, 0.4) is 0 Å². The topological polar surface area (TPSA) is 50.4 Å². The Morgan fingerprint density at radius 1 is 1.00 bits per heavy atom. The molecule has 2 rings (SSSR count). The third-order valence-corrected chi connectivity index (χ3v) is 4.70. The Kier molecular flexibility index (Phi) is 5.49. The normalized spacial score (nSPS) is 31.1. The summed E-state index contributed by atoms with van der Waals surface area (Å²) in [6.07, 6.45) is 6.22. The molecule has 1 amide bonds. The lowest BCUT2D eigenvalue weighted by atomic mass is 9.85. The molecule has 17 heavy (non-hydrogen) atoms. The van der Waals surface area contributed by atoms with Gasteiger partial charge in [-0.05, 0) is 38.5 Å². The number of hydrogen-bond acceptors (Lipinski definition) is 3. The summed E-state index contributed by atoms with van der Waals surface area (Å²) in [5.41, 5.74) is 0. The molecule has 98 valence electrons. The van der Waals surface area contributed by atoms with Crippen LogP contribution in [-0.4, -0.2) is 31.2 Å². The molecule has 0 bridgehead atoms. The zero-order valence-corrected chi connectivity index (χ0v) is 12.2. The molecule has 1 heterocycles. The van der Waals surface area contributed by atoms with Gasteiger partial charge in [0.2, 0.25) is 5.91 Å². The summed E-state index contributed by atoms with van der Waals surface area (Å²) >= 11 is 2.21. The molecule has 0 unspecified atom stereocenters. The van der Waals surface area contributed by atoms with Crippen molar-refractivity contribution in [1.82, 2.24) is 8.85 Å². The maximum atomic E-state index is 12.1. The number of rotatable bonds is 3. The van der Waals surface area contributed by atoms with Gasteiger partial charge in [-0.15, -0.1) is 0 Å². The van der Waals surface area contributed by atoms with E-state index in [0.29, 0.717) is 12.1 Å². The highest BCUT2D eigenvalue weighted by molar-refractivity contribution is 14.1. The number of nitrogens with one attached hydrogen (secondary N) is 2. The molecule has 2 N–H and O–H groups in total. The fourth-order valence-electron chi connectivity index (χ4n) is 2.63. The van der Waals surface area contributed by atoms with E-state index >= 15 is 0 Å². The first-order valence-electron chi connectivity index (χ1n) is 6.54. The SMILES string of the molecule is O=C(NC1CCOCC1)[C@H]1CC[C@H](NI)CC1. The lowest BCUT2D eigenvalue weighted by molar-refractivity contribution is -0.127. The second kappa shape index (κ2) is 6.89.